The van der Waals surface area contributed by atoms with Gasteiger partial charge in [-0.05, 0) is 25.7 Å². The van der Waals surface area contributed by atoms with Gasteiger partial charge in [0, 0.05) is 6.42 Å². The first-order chi connectivity index (χ1) is 10.3. The molecule has 2 heteroatoms. The van der Waals surface area contributed by atoms with E-state index in [1.165, 1.54) is 77.7 Å². The van der Waals surface area contributed by atoms with Crippen LogP contribution >= 0.6 is 0 Å². The molecule has 0 unspecified atom stereocenters. The van der Waals surface area contributed by atoms with Crippen LogP contribution in [-0.4, -0.2) is 13.1 Å². The van der Waals surface area contributed by atoms with E-state index in [4.69, 9.17) is 0 Å². The summed E-state index contributed by atoms with van der Waals surface area (Å²) >= 11 is 0. The van der Waals surface area contributed by atoms with Crippen molar-refractivity contribution in [3.63, 3.8) is 0 Å². The summed E-state index contributed by atoms with van der Waals surface area (Å²) in [5.74, 6) is -0.0990. The van der Waals surface area contributed by atoms with Gasteiger partial charge >= 0.3 is 5.97 Å². The van der Waals surface area contributed by atoms with Gasteiger partial charge in [-0.15, -0.1) is 0 Å². The number of hydrogen-bond acceptors (Lipinski definition) is 2. The van der Waals surface area contributed by atoms with Crippen molar-refractivity contribution in [1.82, 2.24) is 0 Å². The molecule has 0 saturated carbocycles. The number of allylic oxidation sites excluding steroid dienone is 2. The minimum Gasteiger partial charge on any atom is -0.469 e. The first-order valence-corrected chi connectivity index (χ1v) is 9.03. The second-order valence-corrected chi connectivity index (χ2v) is 5.91. The normalized spacial score (nSPS) is 11.1. The SMILES string of the molecule is CCCCCCCCCCCC/C=C/CCCC(=O)OC. The summed E-state index contributed by atoms with van der Waals surface area (Å²) in [6, 6.07) is 0. The second-order valence-electron chi connectivity index (χ2n) is 5.91. The van der Waals surface area contributed by atoms with E-state index in [0.717, 1.165) is 12.8 Å². The lowest BCUT2D eigenvalue weighted by Crippen LogP contribution is -1.98. The zero-order chi connectivity index (χ0) is 15.6. The van der Waals surface area contributed by atoms with Crippen LogP contribution in [0.15, 0.2) is 12.2 Å². The summed E-state index contributed by atoms with van der Waals surface area (Å²) in [5, 5.41) is 0. The number of unbranched alkanes of at least 4 members (excludes halogenated alkanes) is 11. The summed E-state index contributed by atoms with van der Waals surface area (Å²) < 4.78 is 4.61. The highest BCUT2D eigenvalue weighted by molar-refractivity contribution is 5.68. The third-order valence-electron chi connectivity index (χ3n) is 3.87. The number of esters is 1. The molecule has 2 nitrogen and oxygen atoms in total. The van der Waals surface area contributed by atoms with E-state index in [2.05, 4.69) is 23.8 Å². The van der Waals surface area contributed by atoms with E-state index in [9.17, 15) is 4.79 Å². The number of carbonyl (C=O) groups excluding carboxylic acids is 1. The Balaban J connectivity index is 3.09. The van der Waals surface area contributed by atoms with Crippen molar-refractivity contribution in [3.05, 3.63) is 12.2 Å². The minimum atomic E-state index is -0.0990. The molecule has 21 heavy (non-hydrogen) atoms. The summed E-state index contributed by atoms with van der Waals surface area (Å²) in [4.78, 5) is 10.9. The molecular weight excluding hydrogens is 260 g/mol. The van der Waals surface area contributed by atoms with Crippen LogP contribution < -0.4 is 0 Å². The number of ether oxygens (including phenoxy) is 1. The topological polar surface area (TPSA) is 26.3 Å². The van der Waals surface area contributed by atoms with Crippen LogP contribution in [0.2, 0.25) is 0 Å². The predicted octanol–water partition coefficient (Wildman–Crippen LogP) is 6.20. The number of carbonyl (C=O) groups is 1. The quantitative estimate of drug-likeness (QED) is 0.204. The zero-order valence-corrected chi connectivity index (χ0v) is 14.4. The molecule has 0 spiro atoms. The zero-order valence-electron chi connectivity index (χ0n) is 14.4. The number of hydrogen-bond donors (Lipinski definition) is 0. The molecule has 0 aliphatic heterocycles. The average Bonchev–Trinajstić information content (AvgIpc) is 2.50. The van der Waals surface area contributed by atoms with Crippen LogP contribution in [0.5, 0.6) is 0 Å². The molecule has 0 aromatic carbocycles. The molecule has 0 N–H and O–H groups in total. The standard InChI is InChI=1S/C19H36O2/c1-3-4-5-6-7-8-9-10-11-12-13-14-15-16-17-18-19(20)21-2/h14-15H,3-13,16-18H2,1-2H3/b15-14+. The molecule has 0 radical (unpaired) electrons. The molecule has 0 amide bonds. The Labute approximate surface area is 132 Å². The predicted molar refractivity (Wildman–Crippen MR) is 91.5 cm³/mol. The molecular formula is C19H36O2. The molecule has 0 rings (SSSR count). The maximum Gasteiger partial charge on any atom is 0.305 e. The summed E-state index contributed by atoms with van der Waals surface area (Å²) in [7, 11) is 1.45. The fourth-order valence-electron chi connectivity index (χ4n) is 2.45. The van der Waals surface area contributed by atoms with E-state index in [0.29, 0.717) is 6.42 Å². The first kappa shape index (κ1) is 20.2. The number of rotatable bonds is 15. The van der Waals surface area contributed by atoms with Gasteiger partial charge in [0.2, 0.25) is 0 Å². The molecule has 0 atom stereocenters. The Hall–Kier alpha value is -0.790. The van der Waals surface area contributed by atoms with Gasteiger partial charge in [0.05, 0.1) is 7.11 Å². The highest BCUT2D eigenvalue weighted by Crippen LogP contribution is 2.11. The van der Waals surface area contributed by atoms with E-state index in [1.54, 1.807) is 0 Å². The lowest BCUT2D eigenvalue weighted by Gasteiger charge is -2.01. The van der Waals surface area contributed by atoms with E-state index >= 15 is 0 Å². The molecule has 0 aromatic rings. The van der Waals surface area contributed by atoms with Gasteiger partial charge in [-0.2, -0.15) is 0 Å². The Kier molecular flexibility index (Phi) is 16.6. The average molecular weight is 296 g/mol. The van der Waals surface area contributed by atoms with Crippen LogP contribution in [0, 0.1) is 0 Å². The summed E-state index contributed by atoms with van der Waals surface area (Å²) in [6.07, 6.45) is 22.0. The molecule has 0 bridgehead atoms. The highest BCUT2D eigenvalue weighted by atomic mass is 16.5. The fourth-order valence-corrected chi connectivity index (χ4v) is 2.45. The van der Waals surface area contributed by atoms with Gasteiger partial charge in [0.15, 0.2) is 0 Å². The van der Waals surface area contributed by atoms with Crippen LogP contribution in [0.1, 0.15) is 96.8 Å². The van der Waals surface area contributed by atoms with Gasteiger partial charge in [0.1, 0.15) is 0 Å². The van der Waals surface area contributed by atoms with Crippen molar-refractivity contribution in [3.8, 4) is 0 Å². The van der Waals surface area contributed by atoms with Gasteiger partial charge in [-0.3, -0.25) is 4.79 Å². The Morgan fingerprint density at radius 1 is 0.762 bits per heavy atom. The van der Waals surface area contributed by atoms with Gasteiger partial charge in [-0.25, -0.2) is 0 Å². The third-order valence-corrected chi connectivity index (χ3v) is 3.87. The van der Waals surface area contributed by atoms with Gasteiger partial charge in [0.25, 0.3) is 0 Å². The maximum absolute atomic E-state index is 10.9. The van der Waals surface area contributed by atoms with Crippen molar-refractivity contribution in [2.24, 2.45) is 0 Å². The Morgan fingerprint density at radius 2 is 1.24 bits per heavy atom. The second kappa shape index (κ2) is 17.3. The van der Waals surface area contributed by atoms with Crippen molar-refractivity contribution >= 4 is 5.97 Å². The maximum atomic E-state index is 10.9. The lowest BCUT2D eigenvalue weighted by atomic mass is 10.1. The Bertz CT molecular complexity index is 246. The molecule has 0 aliphatic carbocycles. The van der Waals surface area contributed by atoms with E-state index < -0.39 is 0 Å². The van der Waals surface area contributed by atoms with Crippen molar-refractivity contribution in [2.75, 3.05) is 7.11 Å². The largest absolute Gasteiger partial charge is 0.469 e. The smallest absolute Gasteiger partial charge is 0.305 e. The first-order valence-electron chi connectivity index (χ1n) is 9.03. The molecule has 0 heterocycles. The van der Waals surface area contributed by atoms with Crippen LogP contribution in [0.4, 0.5) is 0 Å². The van der Waals surface area contributed by atoms with E-state index in [-0.39, 0.29) is 5.97 Å². The molecule has 0 fully saturated rings. The molecule has 124 valence electrons. The summed E-state index contributed by atoms with van der Waals surface area (Å²) in [6.45, 7) is 2.27. The monoisotopic (exact) mass is 296 g/mol. The minimum absolute atomic E-state index is 0.0990. The highest BCUT2D eigenvalue weighted by Gasteiger charge is 1.96. The molecule has 0 aromatic heterocycles. The fraction of sp³-hybridized carbons (Fsp3) is 0.842. The van der Waals surface area contributed by atoms with Gasteiger partial charge in [-0.1, -0.05) is 76.9 Å². The van der Waals surface area contributed by atoms with Crippen LogP contribution in [0.3, 0.4) is 0 Å². The van der Waals surface area contributed by atoms with Gasteiger partial charge < -0.3 is 4.74 Å². The van der Waals surface area contributed by atoms with Crippen LogP contribution in [0.25, 0.3) is 0 Å². The molecule has 0 aliphatic rings. The third kappa shape index (κ3) is 17.2. The lowest BCUT2D eigenvalue weighted by molar-refractivity contribution is -0.140. The van der Waals surface area contributed by atoms with Crippen molar-refractivity contribution in [1.29, 1.82) is 0 Å². The van der Waals surface area contributed by atoms with Crippen molar-refractivity contribution < 1.29 is 9.53 Å². The van der Waals surface area contributed by atoms with Crippen LogP contribution in [-0.2, 0) is 9.53 Å². The Morgan fingerprint density at radius 3 is 1.76 bits per heavy atom. The molecule has 0 saturated heterocycles. The number of methoxy groups -OCH3 is 1. The van der Waals surface area contributed by atoms with E-state index in [1.807, 2.05) is 0 Å². The van der Waals surface area contributed by atoms with Crippen molar-refractivity contribution in [2.45, 2.75) is 96.8 Å². The summed E-state index contributed by atoms with van der Waals surface area (Å²) in [5.41, 5.74) is 0.